The smallest absolute Gasteiger partial charge is 0.346 e. The number of hydrogen-bond donors (Lipinski definition) is 1. The van der Waals surface area contributed by atoms with Gasteiger partial charge in [-0.25, -0.2) is 9.59 Å². The van der Waals surface area contributed by atoms with Gasteiger partial charge in [0, 0.05) is 19.5 Å². The van der Waals surface area contributed by atoms with Crippen molar-refractivity contribution in [1.82, 2.24) is 0 Å². The molecule has 0 fully saturated rings. The Labute approximate surface area is 143 Å². The van der Waals surface area contributed by atoms with Gasteiger partial charge in [0.15, 0.2) is 0 Å². The van der Waals surface area contributed by atoms with Crippen molar-refractivity contribution in [3.63, 3.8) is 0 Å². The molecule has 0 saturated carbocycles. The number of carbonyl (C=O) groups excluding carboxylic acids is 4. The maximum absolute atomic E-state index is 12.0. The summed E-state index contributed by atoms with van der Waals surface area (Å²) in [5.41, 5.74) is 0.828. The summed E-state index contributed by atoms with van der Waals surface area (Å²) in [7, 11) is 0. The molecule has 0 atom stereocenters. The molecule has 7 nitrogen and oxygen atoms in total. The van der Waals surface area contributed by atoms with Gasteiger partial charge >= 0.3 is 17.9 Å². The Kier molecular flexibility index (Phi) is 5.62. The molecule has 0 aliphatic rings. The standard InChI is InChI=1S/C18H15NO6/c1-11(20)19-15-7-3-13(4-8-15)17(22)25-18(23)14-5-9-16(10-6-14)24-12(2)21/h3-10H,1-2H3,(H,19,20). The van der Waals surface area contributed by atoms with Crippen molar-refractivity contribution in [2.24, 2.45) is 0 Å². The molecule has 128 valence electrons. The zero-order chi connectivity index (χ0) is 18.4. The van der Waals surface area contributed by atoms with E-state index >= 15 is 0 Å². The molecule has 0 heterocycles. The Morgan fingerprint density at radius 2 is 1.24 bits per heavy atom. The number of anilines is 1. The first kappa shape index (κ1) is 17.9. The summed E-state index contributed by atoms with van der Waals surface area (Å²) in [6.07, 6.45) is 0. The Balaban J connectivity index is 2.00. The van der Waals surface area contributed by atoms with Gasteiger partial charge in [-0.3, -0.25) is 9.59 Å². The highest BCUT2D eigenvalue weighted by molar-refractivity contribution is 6.02. The first-order valence-corrected chi connectivity index (χ1v) is 7.28. The van der Waals surface area contributed by atoms with E-state index in [2.05, 4.69) is 5.32 Å². The lowest BCUT2D eigenvalue weighted by Gasteiger charge is -2.06. The van der Waals surface area contributed by atoms with Crippen molar-refractivity contribution in [3.05, 3.63) is 59.7 Å². The molecule has 0 spiro atoms. The maximum atomic E-state index is 12.0. The summed E-state index contributed by atoms with van der Waals surface area (Å²) in [5.74, 6) is -2.08. The highest BCUT2D eigenvalue weighted by Crippen LogP contribution is 2.15. The van der Waals surface area contributed by atoms with Crippen molar-refractivity contribution in [2.75, 3.05) is 5.32 Å². The van der Waals surface area contributed by atoms with E-state index in [4.69, 9.17) is 9.47 Å². The van der Waals surface area contributed by atoms with Crippen molar-refractivity contribution in [1.29, 1.82) is 0 Å². The molecule has 0 aliphatic heterocycles. The SMILES string of the molecule is CC(=O)Nc1ccc(C(=O)OC(=O)c2ccc(OC(C)=O)cc2)cc1. The van der Waals surface area contributed by atoms with E-state index in [0.29, 0.717) is 5.69 Å². The van der Waals surface area contributed by atoms with Crippen LogP contribution >= 0.6 is 0 Å². The fraction of sp³-hybridized carbons (Fsp3) is 0.111. The predicted molar refractivity (Wildman–Crippen MR) is 88.2 cm³/mol. The molecule has 0 radical (unpaired) electrons. The number of esters is 3. The molecule has 1 N–H and O–H groups in total. The fourth-order valence-electron chi connectivity index (χ4n) is 1.92. The van der Waals surface area contributed by atoms with E-state index in [9.17, 15) is 19.2 Å². The Hall–Kier alpha value is -3.48. The Bertz CT molecular complexity index is 739. The number of nitrogens with one attached hydrogen (secondary N) is 1. The highest BCUT2D eigenvalue weighted by Gasteiger charge is 2.15. The molecule has 1 amide bonds. The summed E-state index contributed by atoms with van der Waals surface area (Å²) >= 11 is 0. The van der Waals surface area contributed by atoms with E-state index in [1.807, 2.05) is 0 Å². The lowest BCUT2D eigenvalue weighted by atomic mass is 10.2. The molecule has 2 aromatic carbocycles. The van der Waals surface area contributed by atoms with Crippen molar-refractivity contribution < 1.29 is 28.7 Å². The van der Waals surface area contributed by atoms with Gasteiger partial charge in [-0.15, -0.1) is 0 Å². The van der Waals surface area contributed by atoms with E-state index in [1.54, 1.807) is 0 Å². The average Bonchev–Trinajstić information content (AvgIpc) is 2.55. The van der Waals surface area contributed by atoms with Crippen LogP contribution in [0.1, 0.15) is 34.6 Å². The van der Waals surface area contributed by atoms with Crippen LogP contribution in [-0.4, -0.2) is 23.8 Å². The van der Waals surface area contributed by atoms with E-state index in [1.165, 1.54) is 62.4 Å². The van der Waals surface area contributed by atoms with Gasteiger partial charge in [-0.05, 0) is 48.5 Å². The van der Waals surface area contributed by atoms with E-state index in [-0.39, 0.29) is 22.8 Å². The van der Waals surface area contributed by atoms with Gasteiger partial charge in [0.2, 0.25) is 5.91 Å². The molecule has 0 aromatic heterocycles. The van der Waals surface area contributed by atoms with Crippen LogP contribution < -0.4 is 10.1 Å². The molecule has 0 saturated heterocycles. The molecular formula is C18H15NO6. The molecule has 7 heteroatoms. The average molecular weight is 341 g/mol. The normalized spacial score (nSPS) is 9.84. The van der Waals surface area contributed by atoms with Crippen LogP contribution in [0.3, 0.4) is 0 Å². The third-order valence-corrected chi connectivity index (χ3v) is 2.98. The molecule has 2 rings (SSSR count). The summed E-state index contributed by atoms with van der Waals surface area (Å²) in [5, 5.41) is 2.56. The van der Waals surface area contributed by atoms with Crippen molar-refractivity contribution >= 4 is 29.5 Å². The second-order valence-electron chi connectivity index (χ2n) is 5.05. The number of rotatable bonds is 4. The minimum absolute atomic E-state index is 0.138. The topological polar surface area (TPSA) is 98.8 Å². The van der Waals surface area contributed by atoms with Crippen LogP contribution in [0.5, 0.6) is 5.75 Å². The lowest BCUT2D eigenvalue weighted by molar-refractivity contribution is -0.131. The van der Waals surface area contributed by atoms with Crippen molar-refractivity contribution in [2.45, 2.75) is 13.8 Å². The zero-order valence-corrected chi connectivity index (χ0v) is 13.6. The third-order valence-electron chi connectivity index (χ3n) is 2.98. The quantitative estimate of drug-likeness (QED) is 0.521. The Morgan fingerprint density at radius 3 is 1.68 bits per heavy atom. The second kappa shape index (κ2) is 7.87. The number of ether oxygens (including phenoxy) is 2. The third kappa shape index (κ3) is 5.28. The minimum Gasteiger partial charge on any atom is -0.427 e. The minimum atomic E-state index is -0.828. The summed E-state index contributed by atoms with van der Waals surface area (Å²) in [6, 6.07) is 11.5. The molecular weight excluding hydrogens is 326 g/mol. The van der Waals surface area contributed by atoms with Crippen LogP contribution in [0.2, 0.25) is 0 Å². The van der Waals surface area contributed by atoms with Gasteiger partial charge in [0.25, 0.3) is 0 Å². The Morgan fingerprint density at radius 1 is 0.760 bits per heavy atom. The monoisotopic (exact) mass is 341 g/mol. The number of hydrogen-bond acceptors (Lipinski definition) is 6. The molecule has 0 aliphatic carbocycles. The number of benzene rings is 2. The molecule has 0 unspecified atom stereocenters. The lowest BCUT2D eigenvalue weighted by Crippen LogP contribution is -2.13. The van der Waals surface area contributed by atoms with Gasteiger partial charge in [0.1, 0.15) is 5.75 Å². The molecule has 0 bridgehead atoms. The highest BCUT2D eigenvalue weighted by atomic mass is 16.6. The largest absolute Gasteiger partial charge is 0.427 e. The number of amides is 1. The summed E-state index contributed by atoms with van der Waals surface area (Å²) in [4.78, 5) is 45.7. The summed E-state index contributed by atoms with van der Waals surface area (Å²) in [6.45, 7) is 2.63. The van der Waals surface area contributed by atoms with Crippen LogP contribution in [0.25, 0.3) is 0 Å². The summed E-state index contributed by atoms with van der Waals surface area (Å²) < 4.78 is 9.64. The van der Waals surface area contributed by atoms with Gasteiger partial charge in [-0.2, -0.15) is 0 Å². The number of carbonyl (C=O) groups is 4. The maximum Gasteiger partial charge on any atom is 0.346 e. The molecule has 2 aromatic rings. The van der Waals surface area contributed by atoms with Crippen LogP contribution in [0.4, 0.5) is 5.69 Å². The van der Waals surface area contributed by atoms with Crippen LogP contribution in [0, 0.1) is 0 Å². The fourth-order valence-corrected chi connectivity index (χ4v) is 1.92. The molecule has 25 heavy (non-hydrogen) atoms. The van der Waals surface area contributed by atoms with E-state index < -0.39 is 17.9 Å². The first-order valence-electron chi connectivity index (χ1n) is 7.28. The van der Waals surface area contributed by atoms with Gasteiger partial charge in [-0.1, -0.05) is 0 Å². The second-order valence-corrected chi connectivity index (χ2v) is 5.05. The zero-order valence-electron chi connectivity index (χ0n) is 13.6. The van der Waals surface area contributed by atoms with E-state index in [0.717, 1.165) is 0 Å². The van der Waals surface area contributed by atoms with Crippen LogP contribution in [-0.2, 0) is 14.3 Å². The first-order chi connectivity index (χ1) is 11.8. The van der Waals surface area contributed by atoms with Gasteiger partial charge in [0.05, 0.1) is 11.1 Å². The van der Waals surface area contributed by atoms with Crippen molar-refractivity contribution in [3.8, 4) is 5.75 Å². The predicted octanol–water partition coefficient (Wildman–Crippen LogP) is 2.57. The van der Waals surface area contributed by atoms with Gasteiger partial charge < -0.3 is 14.8 Å². The van der Waals surface area contributed by atoms with Crippen LogP contribution in [0.15, 0.2) is 48.5 Å².